The third-order valence-corrected chi connectivity index (χ3v) is 6.67. The van der Waals surface area contributed by atoms with E-state index in [4.69, 9.17) is 17.0 Å². The van der Waals surface area contributed by atoms with Gasteiger partial charge in [-0.25, -0.2) is 0 Å². The van der Waals surface area contributed by atoms with Gasteiger partial charge in [0.05, 0.1) is 19.8 Å². The molecular weight excluding hydrogens is 444 g/mol. The largest absolute Gasteiger partial charge is 0.379 e. The van der Waals surface area contributed by atoms with Crippen LogP contribution in [-0.2, 0) is 17.7 Å². The summed E-state index contributed by atoms with van der Waals surface area (Å²) in [5, 5.41) is 5.16. The van der Waals surface area contributed by atoms with Crippen molar-refractivity contribution in [1.29, 1.82) is 0 Å². The fourth-order valence-corrected chi connectivity index (χ4v) is 4.58. The molecule has 34 heavy (non-hydrogen) atoms. The van der Waals surface area contributed by atoms with Crippen molar-refractivity contribution in [3.8, 4) is 0 Å². The molecule has 1 fully saturated rings. The molecule has 2 heterocycles. The topological polar surface area (TPSA) is 60.6 Å². The average molecular weight is 479 g/mol. The van der Waals surface area contributed by atoms with E-state index >= 15 is 0 Å². The maximum atomic E-state index is 12.8. The minimum Gasteiger partial charge on any atom is -0.379 e. The molecule has 1 saturated heterocycles. The number of H-pyrrole nitrogens is 1. The Bertz CT molecular complexity index is 1140. The molecule has 1 aromatic heterocycles. The van der Waals surface area contributed by atoms with Gasteiger partial charge in [0.25, 0.3) is 5.56 Å². The van der Waals surface area contributed by atoms with Crippen molar-refractivity contribution in [2.45, 2.75) is 26.3 Å². The highest BCUT2D eigenvalue weighted by Gasteiger charge is 2.15. The van der Waals surface area contributed by atoms with Crippen LogP contribution in [0.1, 0.15) is 23.1 Å². The second kappa shape index (κ2) is 12.1. The van der Waals surface area contributed by atoms with Crippen molar-refractivity contribution < 1.29 is 4.74 Å². The zero-order valence-electron chi connectivity index (χ0n) is 19.9. The van der Waals surface area contributed by atoms with Gasteiger partial charge in [0.15, 0.2) is 5.11 Å². The van der Waals surface area contributed by atoms with Gasteiger partial charge in [-0.2, -0.15) is 0 Å². The molecule has 3 aromatic rings. The quantitative estimate of drug-likeness (QED) is 0.459. The lowest BCUT2D eigenvalue weighted by molar-refractivity contribution is 0.0367. The van der Waals surface area contributed by atoms with Crippen LogP contribution in [0.5, 0.6) is 0 Å². The molecule has 1 aliphatic heterocycles. The number of thiocarbonyl (C=S) groups is 1. The molecule has 6 nitrogen and oxygen atoms in total. The van der Waals surface area contributed by atoms with Crippen molar-refractivity contribution in [3.63, 3.8) is 0 Å². The standard InChI is InChI=1S/C27H34N4O2S/c1-21-8-9-25-23(18-21)19-24(26(32)29-25)20-31(13-5-12-30-14-16-33-17-15-30)27(34)28-11-10-22-6-3-2-4-7-22/h2-4,6-9,18-19H,5,10-17,20H2,1H3,(H,28,34)(H,29,32). The third-order valence-electron chi connectivity index (χ3n) is 6.26. The Morgan fingerprint density at radius 1 is 1.15 bits per heavy atom. The van der Waals surface area contributed by atoms with Crippen molar-refractivity contribution >= 4 is 28.2 Å². The lowest BCUT2D eigenvalue weighted by Crippen LogP contribution is -2.43. The average Bonchev–Trinajstić information content (AvgIpc) is 2.85. The number of fused-ring (bicyclic) bond motifs is 1. The molecule has 0 amide bonds. The van der Waals surface area contributed by atoms with Crippen LogP contribution < -0.4 is 10.9 Å². The van der Waals surface area contributed by atoms with Crippen LogP contribution >= 0.6 is 12.2 Å². The smallest absolute Gasteiger partial charge is 0.253 e. The van der Waals surface area contributed by atoms with E-state index in [0.29, 0.717) is 11.7 Å². The van der Waals surface area contributed by atoms with Crippen molar-refractivity contribution in [2.24, 2.45) is 0 Å². The number of pyridine rings is 1. The summed E-state index contributed by atoms with van der Waals surface area (Å²) in [6.45, 7) is 8.65. The van der Waals surface area contributed by atoms with Gasteiger partial charge in [-0.15, -0.1) is 0 Å². The van der Waals surface area contributed by atoms with E-state index in [0.717, 1.165) is 75.2 Å². The van der Waals surface area contributed by atoms with Gasteiger partial charge in [0.1, 0.15) is 0 Å². The number of hydrogen-bond acceptors (Lipinski definition) is 4. The first-order valence-corrected chi connectivity index (χ1v) is 12.5. The van der Waals surface area contributed by atoms with E-state index in [9.17, 15) is 4.79 Å². The Hall–Kier alpha value is -2.74. The minimum atomic E-state index is -0.0541. The summed E-state index contributed by atoms with van der Waals surface area (Å²) in [4.78, 5) is 20.4. The molecule has 0 aliphatic carbocycles. The zero-order chi connectivity index (χ0) is 23.8. The Morgan fingerprint density at radius 2 is 1.94 bits per heavy atom. The molecule has 180 valence electrons. The molecule has 0 bridgehead atoms. The molecular formula is C27H34N4O2S. The maximum Gasteiger partial charge on any atom is 0.253 e. The molecule has 0 saturated carbocycles. The lowest BCUT2D eigenvalue weighted by Gasteiger charge is -2.29. The summed E-state index contributed by atoms with van der Waals surface area (Å²) in [5.74, 6) is 0. The first-order chi connectivity index (χ1) is 16.6. The van der Waals surface area contributed by atoms with Crippen molar-refractivity contribution in [1.82, 2.24) is 20.1 Å². The number of nitrogens with zero attached hydrogens (tertiary/aromatic N) is 2. The summed E-state index contributed by atoms with van der Waals surface area (Å²) in [7, 11) is 0. The van der Waals surface area contributed by atoms with Crippen LogP contribution in [0, 0.1) is 6.92 Å². The first kappa shape index (κ1) is 24.4. The number of benzene rings is 2. The molecule has 0 atom stereocenters. The molecule has 7 heteroatoms. The predicted molar refractivity (Wildman–Crippen MR) is 142 cm³/mol. The molecule has 4 rings (SSSR count). The first-order valence-electron chi connectivity index (χ1n) is 12.1. The summed E-state index contributed by atoms with van der Waals surface area (Å²) in [5.41, 5.74) is 3.99. The van der Waals surface area contributed by atoms with E-state index in [-0.39, 0.29) is 5.56 Å². The molecule has 0 radical (unpaired) electrons. The van der Waals surface area contributed by atoms with Crippen LogP contribution in [0.15, 0.2) is 59.4 Å². The highest BCUT2D eigenvalue weighted by atomic mass is 32.1. The lowest BCUT2D eigenvalue weighted by atomic mass is 10.1. The SMILES string of the molecule is Cc1ccc2[nH]c(=O)c(CN(CCCN3CCOCC3)C(=S)NCCc3ccccc3)cc2c1. The Morgan fingerprint density at radius 3 is 2.74 bits per heavy atom. The van der Waals surface area contributed by atoms with Crippen molar-refractivity contribution in [2.75, 3.05) is 45.9 Å². The minimum absolute atomic E-state index is 0.0541. The van der Waals surface area contributed by atoms with E-state index < -0.39 is 0 Å². The molecule has 0 spiro atoms. The number of aromatic nitrogens is 1. The van der Waals surface area contributed by atoms with E-state index in [2.05, 4.69) is 57.4 Å². The fourth-order valence-electron chi connectivity index (χ4n) is 4.33. The second-order valence-corrected chi connectivity index (χ2v) is 9.30. The van der Waals surface area contributed by atoms with Gasteiger partial charge in [-0.3, -0.25) is 9.69 Å². The fraction of sp³-hybridized carbons (Fsp3) is 0.407. The van der Waals surface area contributed by atoms with Crippen molar-refractivity contribution in [3.05, 3.63) is 81.6 Å². The van der Waals surface area contributed by atoms with E-state index in [1.807, 2.05) is 24.3 Å². The Kier molecular flexibility index (Phi) is 8.68. The zero-order valence-corrected chi connectivity index (χ0v) is 20.7. The summed E-state index contributed by atoms with van der Waals surface area (Å²) < 4.78 is 5.46. The molecule has 2 N–H and O–H groups in total. The van der Waals surface area contributed by atoms with Gasteiger partial charge >= 0.3 is 0 Å². The molecule has 1 aliphatic rings. The van der Waals surface area contributed by atoms with Crippen LogP contribution in [0.4, 0.5) is 0 Å². The second-order valence-electron chi connectivity index (χ2n) is 8.91. The predicted octanol–water partition coefficient (Wildman–Crippen LogP) is 3.48. The number of rotatable bonds is 9. The van der Waals surface area contributed by atoms with Gasteiger partial charge in [0.2, 0.25) is 0 Å². The monoisotopic (exact) mass is 478 g/mol. The number of nitrogens with one attached hydrogen (secondary N) is 2. The summed E-state index contributed by atoms with van der Waals surface area (Å²) >= 11 is 5.79. The number of aryl methyl sites for hydroxylation is 1. The number of ether oxygens (including phenoxy) is 1. The van der Waals surface area contributed by atoms with Gasteiger partial charge in [-0.05, 0) is 61.1 Å². The number of aromatic amines is 1. The summed E-state index contributed by atoms with van der Waals surface area (Å²) in [6, 6.07) is 18.5. The molecule has 2 aromatic carbocycles. The maximum absolute atomic E-state index is 12.8. The third kappa shape index (κ3) is 6.88. The van der Waals surface area contributed by atoms with Crippen LogP contribution in [0.25, 0.3) is 10.9 Å². The van der Waals surface area contributed by atoms with Gasteiger partial charge in [0, 0.05) is 43.8 Å². The Labute approximate surface area is 206 Å². The normalized spacial score (nSPS) is 14.3. The Balaban J connectivity index is 1.43. The number of morpholine rings is 1. The summed E-state index contributed by atoms with van der Waals surface area (Å²) in [6.07, 6.45) is 1.88. The highest BCUT2D eigenvalue weighted by molar-refractivity contribution is 7.80. The highest BCUT2D eigenvalue weighted by Crippen LogP contribution is 2.14. The van der Waals surface area contributed by atoms with E-state index in [1.165, 1.54) is 11.1 Å². The molecule has 0 unspecified atom stereocenters. The van der Waals surface area contributed by atoms with Crippen LogP contribution in [0.3, 0.4) is 0 Å². The van der Waals surface area contributed by atoms with Crippen LogP contribution in [-0.4, -0.2) is 65.8 Å². The van der Waals surface area contributed by atoms with Gasteiger partial charge < -0.3 is 19.9 Å². The van der Waals surface area contributed by atoms with Gasteiger partial charge in [-0.1, -0.05) is 42.0 Å². The number of hydrogen-bond donors (Lipinski definition) is 2. The van der Waals surface area contributed by atoms with E-state index in [1.54, 1.807) is 0 Å². The van der Waals surface area contributed by atoms with Crippen LogP contribution in [0.2, 0.25) is 0 Å².